The van der Waals surface area contributed by atoms with Gasteiger partial charge in [-0.25, -0.2) is 0 Å². The van der Waals surface area contributed by atoms with Gasteiger partial charge in [-0.1, -0.05) is 12.1 Å². The summed E-state index contributed by atoms with van der Waals surface area (Å²) in [5.41, 5.74) is 0.486. The Hall–Kier alpha value is -2.06. The first-order chi connectivity index (χ1) is 9.13. The van der Waals surface area contributed by atoms with Crippen molar-refractivity contribution >= 4 is 5.91 Å². The molecule has 1 unspecified atom stereocenters. The molecule has 0 aliphatic rings. The van der Waals surface area contributed by atoms with Crippen LogP contribution in [0, 0.1) is 11.3 Å². The molecule has 0 aliphatic carbocycles. The van der Waals surface area contributed by atoms with Crippen LogP contribution in [0.1, 0.15) is 25.0 Å². The van der Waals surface area contributed by atoms with Crippen LogP contribution in [-0.4, -0.2) is 36.1 Å². The number of nitrogens with zero attached hydrogens (tertiary/aromatic N) is 2. The van der Waals surface area contributed by atoms with Crippen molar-refractivity contribution in [2.75, 3.05) is 20.2 Å². The largest absolute Gasteiger partial charge is 0.497 e. The number of aliphatic hydroxyl groups excluding tert-OH is 1. The maximum absolute atomic E-state index is 12.1. The monoisotopic (exact) mass is 262 g/mol. The summed E-state index contributed by atoms with van der Waals surface area (Å²) in [4.78, 5) is 13.6. The van der Waals surface area contributed by atoms with Crippen LogP contribution in [0.5, 0.6) is 5.75 Å². The molecule has 1 atom stereocenters. The molecule has 0 aromatic heterocycles. The van der Waals surface area contributed by atoms with Crippen LogP contribution >= 0.6 is 0 Å². The van der Waals surface area contributed by atoms with Crippen molar-refractivity contribution in [3.8, 4) is 11.8 Å². The summed E-state index contributed by atoms with van der Waals surface area (Å²) < 4.78 is 5.06. The lowest BCUT2D eigenvalue weighted by Gasteiger charge is -2.23. The van der Waals surface area contributed by atoms with Gasteiger partial charge in [0.25, 0.3) is 5.91 Å². The first-order valence-electron chi connectivity index (χ1n) is 6.11. The fraction of sp³-hybridized carbons (Fsp3) is 0.429. The van der Waals surface area contributed by atoms with Gasteiger partial charge in [0.15, 0.2) is 6.10 Å². The van der Waals surface area contributed by atoms with E-state index in [2.05, 4.69) is 0 Å². The Morgan fingerprint density at radius 3 is 2.89 bits per heavy atom. The van der Waals surface area contributed by atoms with Gasteiger partial charge >= 0.3 is 0 Å². The van der Waals surface area contributed by atoms with E-state index in [1.54, 1.807) is 24.3 Å². The highest BCUT2D eigenvalue weighted by atomic mass is 16.5. The van der Waals surface area contributed by atoms with Crippen LogP contribution in [0.4, 0.5) is 0 Å². The zero-order chi connectivity index (χ0) is 14.3. The van der Waals surface area contributed by atoms with E-state index in [0.717, 1.165) is 0 Å². The molecule has 0 spiro atoms. The topological polar surface area (TPSA) is 73.6 Å². The molecule has 0 aliphatic heterocycles. The Morgan fingerprint density at radius 1 is 1.58 bits per heavy atom. The minimum absolute atomic E-state index is 0.254. The number of benzene rings is 1. The Bertz CT molecular complexity index is 468. The van der Waals surface area contributed by atoms with E-state index in [4.69, 9.17) is 10.00 Å². The number of methoxy groups -OCH3 is 1. The minimum atomic E-state index is -1.23. The van der Waals surface area contributed by atoms with E-state index in [-0.39, 0.29) is 6.42 Å². The van der Waals surface area contributed by atoms with Gasteiger partial charge < -0.3 is 14.7 Å². The highest BCUT2D eigenvalue weighted by Crippen LogP contribution is 2.20. The van der Waals surface area contributed by atoms with Gasteiger partial charge in [0.05, 0.1) is 19.6 Å². The smallest absolute Gasteiger partial charge is 0.256 e. The molecule has 19 heavy (non-hydrogen) atoms. The molecule has 0 fully saturated rings. The molecule has 0 heterocycles. The van der Waals surface area contributed by atoms with Gasteiger partial charge in [0, 0.05) is 13.1 Å². The normalized spacial score (nSPS) is 11.5. The maximum Gasteiger partial charge on any atom is 0.256 e. The second kappa shape index (κ2) is 7.39. The third-order valence-corrected chi connectivity index (χ3v) is 2.83. The number of hydrogen-bond donors (Lipinski definition) is 1. The number of hydrogen-bond acceptors (Lipinski definition) is 4. The van der Waals surface area contributed by atoms with Gasteiger partial charge in [-0.05, 0) is 24.6 Å². The molecule has 102 valence electrons. The zero-order valence-electron chi connectivity index (χ0n) is 11.2. The molecular weight excluding hydrogens is 244 g/mol. The van der Waals surface area contributed by atoms with Crippen LogP contribution in [0.2, 0.25) is 0 Å². The fourth-order valence-electron chi connectivity index (χ4n) is 1.74. The van der Waals surface area contributed by atoms with Crippen molar-refractivity contribution < 1.29 is 14.6 Å². The summed E-state index contributed by atoms with van der Waals surface area (Å²) in [6.45, 7) is 2.60. The Kier molecular flexibility index (Phi) is 5.83. The third-order valence-electron chi connectivity index (χ3n) is 2.83. The highest BCUT2D eigenvalue weighted by molar-refractivity contribution is 5.82. The van der Waals surface area contributed by atoms with Crippen molar-refractivity contribution in [1.29, 1.82) is 5.26 Å². The zero-order valence-corrected chi connectivity index (χ0v) is 11.2. The Balaban J connectivity index is 2.82. The fourth-order valence-corrected chi connectivity index (χ4v) is 1.74. The van der Waals surface area contributed by atoms with Crippen LogP contribution < -0.4 is 4.74 Å². The average Bonchev–Trinajstić information content (AvgIpc) is 2.47. The van der Waals surface area contributed by atoms with Crippen molar-refractivity contribution in [1.82, 2.24) is 4.90 Å². The number of carbonyl (C=O) groups is 1. The molecule has 1 aromatic carbocycles. The standard InChI is InChI=1S/C14H18N2O3/c1-3-16(9-5-8-15)14(18)13(17)11-6-4-7-12(10-11)19-2/h4,6-7,10,13,17H,3,5,9H2,1-2H3. The number of rotatable bonds is 6. The molecular formula is C14H18N2O3. The minimum Gasteiger partial charge on any atom is -0.497 e. The molecule has 0 radical (unpaired) electrons. The van der Waals surface area contributed by atoms with E-state index in [0.29, 0.717) is 24.4 Å². The number of nitriles is 1. The predicted octanol–water partition coefficient (Wildman–Crippen LogP) is 1.49. The van der Waals surface area contributed by atoms with E-state index >= 15 is 0 Å². The van der Waals surface area contributed by atoms with Crippen molar-refractivity contribution in [2.24, 2.45) is 0 Å². The summed E-state index contributed by atoms with van der Waals surface area (Å²) in [5, 5.41) is 18.6. The van der Waals surface area contributed by atoms with Gasteiger partial charge in [-0.3, -0.25) is 4.79 Å². The number of carbonyl (C=O) groups excluding carboxylic acids is 1. The van der Waals surface area contributed by atoms with Gasteiger partial charge in [-0.2, -0.15) is 5.26 Å². The number of ether oxygens (including phenoxy) is 1. The summed E-state index contributed by atoms with van der Waals surface area (Å²) in [6, 6.07) is 8.75. The van der Waals surface area contributed by atoms with E-state index in [9.17, 15) is 9.90 Å². The van der Waals surface area contributed by atoms with Crippen LogP contribution in [-0.2, 0) is 4.79 Å². The number of aliphatic hydroxyl groups is 1. The quantitative estimate of drug-likeness (QED) is 0.843. The lowest BCUT2D eigenvalue weighted by atomic mass is 10.1. The van der Waals surface area contributed by atoms with Gasteiger partial charge in [0.2, 0.25) is 0 Å². The Labute approximate surface area is 113 Å². The molecule has 5 heteroatoms. The summed E-state index contributed by atoms with van der Waals surface area (Å²) in [7, 11) is 1.53. The highest BCUT2D eigenvalue weighted by Gasteiger charge is 2.22. The van der Waals surface area contributed by atoms with Crippen LogP contribution in [0.25, 0.3) is 0 Å². The second-order valence-corrected chi connectivity index (χ2v) is 4.01. The van der Waals surface area contributed by atoms with Gasteiger partial charge in [0.1, 0.15) is 5.75 Å². The third kappa shape index (κ3) is 3.97. The SMILES string of the molecule is CCN(CCC#N)C(=O)C(O)c1cccc(OC)c1. The summed E-state index contributed by atoms with van der Waals surface area (Å²) in [6.07, 6.45) is -0.974. The van der Waals surface area contributed by atoms with E-state index in [1.165, 1.54) is 12.0 Å². The van der Waals surface area contributed by atoms with Gasteiger partial charge in [-0.15, -0.1) is 0 Å². The molecule has 5 nitrogen and oxygen atoms in total. The van der Waals surface area contributed by atoms with Crippen molar-refractivity contribution in [2.45, 2.75) is 19.4 Å². The van der Waals surface area contributed by atoms with Crippen LogP contribution in [0.3, 0.4) is 0 Å². The molecule has 1 N–H and O–H groups in total. The van der Waals surface area contributed by atoms with E-state index in [1.807, 2.05) is 13.0 Å². The lowest BCUT2D eigenvalue weighted by Crippen LogP contribution is -2.35. The molecule has 1 amide bonds. The maximum atomic E-state index is 12.1. The summed E-state index contributed by atoms with van der Waals surface area (Å²) >= 11 is 0. The number of likely N-dealkylation sites (N-methyl/N-ethyl adjacent to an activating group) is 1. The number of amides is 1. The summed E-state index contributed by atoms with van der Waals surface area (Å²) in [5.74, 6) is 0.190. The predicted molar refractivity (Wildman–Crippen MR) is 70.4 cm³/mol. The van der Waals surface area contributed by atoms with Crippen molar-refractivity contribution in [3.63, 3.8) is 0 Å². The van der Waals surface area contributed by atoms with E-state index < -0.39 is 12.0 Å². The lowest BCUT2D eigenvalue weighted by molar-refractivity contribution is -0.140. The molecule has 0 saturated carbocycles. The molecule has 1 aromatic rings. The van der Waals surface area contributed by atoms with Crippen LogP contribution in [0.15, 0.2) is 24.3 Å². The average molecular weight is 262 g/mol. The Morgan fingerprint density at radius 2 is 2.32 bits per heavy atom. The molecule has 1 rings (SSSR count). The molecule has 0 saturated heterocycles. The second-order valence-electron chi connectivity index (χ2n) is 4.01. The first kappa shape index (κ1) is 15.0. The molecule has 0 bridgehead atoms. The first-order valence-corrected chi connectivity index (χ1v) is 6.11. The van der Waals surface area contributed by atoms with Crippen molar-refractivity contribution in [3.05, 3.63) is 29.8 Å².